The van der Waals surface area contributed by atoms with E-state index in [0.717, 1.165) is 5.56 Å². The van der Waals surface area contributed by atoms with E-state index in [-0.39, 0.29) is 10.5 Å². The SMILES string of the molecule is COc1ccc(NC(=O)c2ccc(C)c(S(=O)(=O)Nc3cccc(C)c3)c2)cc1OC. The van der Waals surface area contributed by atoms with Crippen molar-refractivity contribution < 1.29 is 22.7 Å². The van der Waals surface area contributed by atoms with Gasteiger partial charge < -0.3 is 14.8 Å². The molecule has 0 aliphatic carbocycles. The number of nitrogens with one attached hydrogen (secondary N) is 2. The predicted octanol–water partition coefficient (Wildman–Crippen LogP) is 4.37. The quantitative estimate of drug-likeness (QED) is 0.569. The van der Waals surface area contributed by atoms with Gasteiger partial charge in [-0.2, -0.15) is 0 Å². The molecule has 0 bridgehead atoms. The third-order valence-corrected chi connectivity index (χ3v) is 6.17. The molecule has 0 spiro atoms. The zero-order valence-corrected chi connectivity index (χ0v) is 18.5. The van der Waals surface area contributed by atoms with Gasteiger partial charge in [0.15, 0.2) is 11.5 Å². The van der Waals surface area contributed by atoms with E-state index in [0.29, 0.717) is 28.4 Å². The Bertz CT molecular complexity index is 1220. The van der Waals surface area contributed by atoms with Gasteiger partial charge in [-0.15, -0.1) is 0 Å². The molecule has 8 heteroatoms. The van der Waals surface area contributed by atoms with Crippen LogP contribution in [-0.2, 0) is 10.0 Å². The lowest BCUT2D eigenvalue weighted by Crippen LogP contribution is -2.17. The lowest BCUT2D eigenvalue weighted by Gasteiger charge is -2.13. The Morgan fingerprint density at radius 3 is 2.26 bits per heavy atom. The summed E-state index contributed by atoms with van der Waals surface area (Å²) in [6.45, 7) is 3.56. The van der Waals surface area contributed by atoms with Crippen LogP contribution in [0.25, 0.3) is 0 Å². The highest BCUT2D eigenvalue weighted by atomic mass is 32.2. The molecule has 3 aromatic rings. The molecule has 7 nitrogen and oxygen atoms in total. The maximum absolute atomic E-state index is 12.9. The molecule has 0 aliphatic rings. The van der Waals surface area contributed by atoms with Gasteiger partial charge in [0.25, 0.3) is 15.9 Å². The topological polar surface area (TPSA) is 93.7 Å². The highest BCUT2D eigenvalue weighted by molar-refractivity contribution is 7.92. The number of aryl methyl sites for hydroxylation is 2. The molecule has 0 radical (unpaired) electrons. The van der Waals surface area contributed by atoms with Gasteiger partial charge in [0.2, 0.25) is 0 Å². The van der Waals surface area contributed by atoms with Crippen LogP contribution in [-0.4, -0.2) is 28.5 Å². The standard InChI is InChI=1S/C23H24N2O5S/c1-15-6-5-7-19(12-15)25-31(27,28)22-13-17(9-8-16(22)2)23(26)24-18-10-11-20(29-3)21(14-18)30-4/h5-14,25H,1-4H3,(H,24,26). The van der Waals surface area contributed by atoms with Gasteiger partial charge in [-0.25, -0.2) is 8.42 Å². The minimum atomic E-state index is -3.88. The molecule has 3 rings (SSSR count). The number of anilines is 2. The number of carbonyl (C=O) groups is 1. The van der Waals surface area contributed by atoms with Gasteiger partial charge >= 0.3 is 0 Å². The van der Waals surface area contributed by atoms with Crippen LogP contribution in [0.4, 0.5) is 11.4 Å². The molecule has 0 saturated heterocycles. The maximum atomic E-state index is 12.9. The van der Waals surface area contributed by atoms with Crippen molar-refractivity contribution in [3.63, 3.8) is 0 Å². The Kier molecular flexibility index (Phi) is 6.50. The molecule has 0 aliphatic heterocycles. The summed E-state index contributed by atoms with van der Waals surface area (Å²) in [7, 11) is -0.851. The van der Waals surface area contributed by atoms with Crippen molar-refractivity contribution in [3.05, 3.63) is 77.4 Å². The molecule has 0 aromatic heterocycles. The zero-order valence-electron chi connectivity index (χ0n) is 17.7. The lowest BCUT2D eigenvalue weighted by atomic mass is 10.1. The Hall–Kier alpha value is -3.52. The summed E-state index contributed by atoms with van der Waals surface area (Å²) in [4.78, 5) is 12.8. The fourth-order valence-electron chi connectivity index (χ4n) is 3.07. The molecule has 0 heterocycles. The lowest BCUT2D eigenvalue weighted by molar-refractivity contribution is 0.102. The number of hydrogen-bond donors (Lipinski definition) is 2. The normalized spacial score (nSPS) is 11.0. The van der Waals surface area contributed by atoms with Crippen LogP contribution >= 0.6 is 0 Å². The highest BCUT2D eigenvalue weighted by Crippen LogP contribution is 2.30. The summed E-state index contributed by atoms with van der Waals surface area (Å²) in [5.74, 6) is 0.556. The van der Waals surface area contributed by atoms with Gasteiger partial charge in [-0.1, -0.05) is 18.2 Å². The highest BCUT2D eigenvalue weighted by Gasteiger charge is 2.20. The van der Waals surface area contributed by atoms with Crippen LogP contribution in [0.2, 0.25) is 0 Å². The number of amides is 1. The van der Waals surface area contributed by atoms with Crippen molar-refractivity contribution in [3.8, 4) is 11.5 Å². The van der Waals surface area contributed by atoms with E-state index in [1.807, 2.05) is 13.0 Å². The summed E-state index contributed by atoms with van der Waals surface area (Å²) >= 11 is 0. The molecule has 0 saturated carbocycles. The third-order valence-electron chi connectivity index (χ3n) is 4.65. The molecule has 0 fully saturated rings. The van der Waals surface area contributed by atoms with E-state index in [1.165, 1.54) is 20.3 Å². The van der Waals surface area contributed by atoms with Crippen LogP contribution < -0.4 is 19.5 Å². The van der Waals surface area contributed by atoms with E-state index >= 15 is 0 Å². The summed E-state index contributed by atoms with van der Waals surface area (Å²) in [6.07, 6.45) is 0. The van der Waals surface area contributed by atoms with Gasteiger partial charge in [0, 0.05) is 23.0 Å². The van der Waals surface area contributed by atoms with Crippen molar-refractivity contribution in [2.24, 2.45) is 0 Å². The molecule has 162 valence electrons. The number of ether oxygens (including phenoxy) is 2. The van der Waals surface area contributed by atoms with Crippen molar-refractivity contribution >= 4 is 27.3 Å². The van der Waals surface area contributed by atoms with E-state index in [2.05, 4.69) is 10.0 Å². The first-order chi connectivity index (χ1) is 14.7. The van der Waals surface area contributed by atoms with E-state index in [1.54, 1.807) is 55.5 Å². The van der Waals surface area contributed by atoms with Crippen LogP contribution in [0.3, 0.4) is 0 Å². The van der Waals surface area contributed by atoms with Crippen molar-refractivity contribution in [1.82, 2.24) is 0 Å². The largest absolute Gasteiger partial charge is 0.493 e. The predicted molar refractivity (Wildman–Crippen MR) is 121 cm³/mol. The first-order valence-electron chi connectivity index (χ1n) is 9.47. The van der Waals surface area contributed by atoms with Crippen LogP contribution in [0.5, 0.6) is 11.5 Å². The average Bonchev–Trinajstić information content (AvgIpc) is 2.73. The van der Waals surface area contributed by atoms with E-state index in [4.69, 9.17) is 9.47 Å². The summed E-state index contributed by atoms with van der Waals surface area (Å²) < 4.78 is 38.9. The van der Waals surface area contributed by atoms with Crippen LogP contribution in [0, 0.1) is 13.8 Å². The molecule has 1 amide bonds. The molecular weight excluding hydrogens is 416 g/mol. The first-order valence-corrected chi connectivity index (χ1v) is 11.0. The number of sulfonamides is 1. The smallest absolute Gasteiger partial charge is 0.262 e. The molecule has 3 aromatic carbocycles. The number of carbonyl (C=O) groups excluding carboxylic acids is 1. The van der Waals surface area contributed by atoms with Gasteiger partial charge in [0.1, 0.15) is 0 Å². The Balaban J connectivity index is 1.87. The van der Waals surface area contributed by atoms with Crippen molar-refractivity contribution in [2.75, 3.05) is 24.3 Å². The second-order valence-electron chi connectivity index (χ2n) is 6.98. The number of hydrogen-bond acceptors (Lipinski definition) is 5. The number of methoxy groups -OCH3 is 2. The molecule has 31 heavy (non-hydrogen) atoms. The zero-order chi connectivity index (χ0) is 22.6. The second kappa shape index (κ2) is 9.09. The molecule has 0 unspecified atom stereocenters. The molecule has 2 N–H and O–H groups in total. The first kappa shape index (κ1) is 22.2. The Labute approximate surface area is 182 Å². The fraction of sp³-hybridized carbons (Fsp3) is 0.174. The monoisotopic (exact) mass is 440 g/mol. The van der Waals surface area contributed by atoms with Crippen LogP contribution in [0.1, 0.15) is 21.5 Å². The maximum Gasteiger partial charge on any atom is 0.262 e. The Morgan fingerprint density at radius 2 is 1.58 bits per heavy atom. The van der Waals surface area contributed by atoms with Crippen molar-refractivity contribution in [1.29, 1.82) is 0 Å². The van der Waals surface area contributed by atoms with Gasteiger partial charge in [0.05, 0.1) is 19.1 Å². The number of benzene rings is 3. The summed E-state index contributed by atoms with van der Waals surface area (Å²) in [5, 5.41) is 2.75. The summed E-state index contributed by atoms with van der Waals surface area (Å²) in [6, 6.07) is 16.6. The van der Waals surface area contributed by atoms with Crippen LogP contribution in [0.15, 0.2) is 65.6 Å². The summed E-state index contributed by atoms with van der Waals surface area (Å²) in [5.41, 5.74) is 2.62. The van der Waals surface area contributed by atoms with Gasteiger partial charge in [-0.3, -0.25) is 9.52 Å². The van der Waals surface area contributed by atoms with E-state index in [9.17, 15) is 13.2 Å². The minimum absolute atomic E-state index is 0.0361. The minimum Gasteiger partial charge on any atom is -0.493 e. The van der Waals surface area contributed by atoms with E-state index < -0.39 is 15.9 Å². The Morgan fingerprint density at radius 1 is 0.839 bits per heavy atom. The fourth-order valence-corrected chi connectivity index (χ4v) is 4.39. The average molecular weight is 441 g/mol. The third kappa shape index (κ3) is 5.16. The van der Waals surface area contributed by atoms with Crippen molar-refractivity contribution in [2.45, 2.75) is 18.7 Å². The molecular formula is C23H24N2O5S. The second-order valence-corrected chi connectivity index (χ2v) is 8.63. The molecule has 0 atom stereocenters. The number of rotatable bonds is 7. The van der Waals surface area contributed by atoms with Gasteiger partial charge in [-0.05, 0) is 61.4 Å².